The molecule has 1 aromatic rings. The van der Waals surface area contributed by atoms with Crippen molar-refractivity contribution in [1.82, 2.24) is 0 Å². The largest absolute Gasteiger partial charge is 0.478 e. The molecule has 0 spiro atoms. The van der Waals surface area contributed by atoms with Crippen LogP contribution < -0.4 is 0 Å². The number of hydrogen-bond acceptors (Lipinski definition) is 3. The van der Waals surface area contributed by atoms with Crippen LogP contribution in [-0.2, 0) is 15.6 Å². The second kappa shape index (κ2) is 3.98. The van der Waals surface area contributed by atoms with Crippen LogP contribution in [0.3, 0.4) is 0 Å². The Balaban J connectivity index is 3.07. The van der Waals surface area contributed by atoms with E-state index < -0.39 is 27.2 Å². The van der Waals surface area contributed by atoms with Crippen molar-refractivity contribution in [3.05, 3.63) is 35.1 Å². The van der Waals surface area contributed by atoms with Crippen molar-refractivity contribution in [3.8, 4) is 0 Å². The predicted molar refractivity (Wildman–Crippen MR) is 51.9 cm³/mol. The third kappa shape index (κ3) is 3.32. The van der Waals surface area contributed by atoms with E-state index in [0.717, 1.165) is 18.4 Å². The highest BCUT2D eigenvalue weighted by Crippen LogP contribution is 2.12. The Morgan fingerprint density at radius 2 is 2.07 bits per heavy atom. The quantitative estimate of drug-likeness (QED) is 0.846. The molecule has 82 valence electrons. The van der Waals surface area contributed by atoms with Gasteiger partial charge in [0.15, 0.2) is 9.84 Å². The van der Waals surface area contributed by atoms with Gasteiger partial charge >= 0.3 is 5.97 Å². The number of carbonyl (C=O) groups is 1. The van der Waals surface area contributed by atoms with Gasteiger partial charge in [-0.1, -0.05) is 6.07 Å². The Kier molecular flexibility index (Phi) is 3.09. The van der Waals surface area contributed by atoms with Crippen molar-refractivity contribution in [1.29, 1.82) is 0 Å². The van der Waals surface area contributed by atoms with E-state index in [1.807, 2.05) is 0 Å². The molecule has 0 radical (unpaired) electrons. The molecule has 1 N–H and O–H groups in total. The monoisotopic (exact) mass is 232 g/mol. The first-order valence-corrected chi connectivity index (χ1v) is 6.05. The normalized spacial score (nSPS) is 11.3. The maximum absolute atomic E-state index is 13.1. The predicted octanol–water partition coefficient (Wildman–Crippen LogP) is 1.07. The SMILES string of the molecule is CS(=O)(=O)Cc1ccc(C(=O)O)c(F)c1. The van der Waals surface area contributed by atoms with Crippen LogP contribution in [0, 0.1) is 5.82 Å². The number of rotatable bonds is 3. The standard InChI is InChI=1S/C9H9FO4S/c1-15(13,14)5-6-2-3-7(9(11)12)8(10)4-6/h2-4H,5H2,1H3,(H,11,12). The minimum absolute atomic E-state index is 0.236. The smallest absolute Gasteiger partial charge is 0.338 e. The number of hydrogen-bond donors (Lipinski definition) is 1. The van der Waals surface area contributed by atoms with Crippen molar-refractivity contribution in [3.63, 3.8) is 0 Å². The van der Waals surface area contributed by atoms with E-state index in [1.165, 1.54) is 6.07 Å². The Morgan fingerprint density at radius 1 is 1.47 bits per heavy atom. The van der Waals surface area contributed by atoms with Crippen LogP contribution >= 0.6 is 0 Å². The average molecular weight is 232 g/mol. The summed E-state index contributed by atoms with van der Waals surface area (Å²) in [6, 6.07) is 3.26. The molecule has 0 aromatic heterocycles. The molecule has 0 fully saturated rings. The van der Waals surface area contributed by atoms with Crippen molar-refractivity contribution in [2.75, 3.05) is 6.26 Å². The first-order valence-electron chi connectivity index (χ1n) is 3.99. The maximum Gasteiger partial charge on any atom is 0.338 e. The van der Waals surface area contributed by atoms with Gasteiger partial charge in [-0.2, -0.15) is 0 Å². The first kappa shape index (κ1) is 11.6. The van der Waals surface area contributed by atoms with Crippen molar-refractivity contribution >= 4 is 15.8 Å². The summed E-state index contributed by atoms with van der Waals surface area (Å²) in [5, 5.41) is 8.53. The van der Waals surface area contributed by atoms with Gasteiger partial charge in [0.2, 0.25) is 0 Å². The van der Waals surface area contributed by atoms with Gasteiger partial charge in [-0.25, -0.2) is 17.6 Å². The lowest BCUT2D eigenvalue weighted by Crippen LogP contribution is -2.04. The van der Waals surface area contributed by atoms with E-state index in [2.05, 4.69) is 0 Å². The summed E-state index contributed by atoms with van der Waals surface area (Å²) < 4.78 is 34.9. The molecule has 1 rings (SSSR count). The summed E-state index contributed by atoms with van der Waals surface area (Å²) >= 11 is 0. The fraction of sp³-hybridized carbons (Fsp3) is 0.222. The Hall–Kier alpha value is -1.43. The fourth-order valence-corrected chi connectivity index (χ4v) is 1.91. The summed E-state index contributed by atoms with van der Waals surface area (Å²) in [6.45, 7) is 0. The summed E-state index contributed by atoms with van der Waals surface area (Å²) in [6.07, 6.45) is 1.02. The molecule has 4 nitrogen and oxygen atoms in total. The molecular formula is C9H9FO4S. The number of carboxylic acid groups (broad SMARTS) is 1. The van der Waals surface area contributed by atoms with Gasteiger partial charge in [-0.05, 0) is 17.7 Å². The number of halogens is 1. The lowest BCUT2D eigenvalue weighted by atomic mass is 10.1. The maximum atomic E-state index is 13.1. The molecule has 1 aromatic carbocycles. The van der Waals surface area contributed by atoms with Crippen LogP contribution in [0.2, 0.25) is 0 Å². The number of aromatic carboxylic acids is 1. The molecule has 0 aliphatic rings. The third-order valence-electron chi connectivity index (χ3n) is 1.69. The van der Waals surface area contributed by atoms with Crippen molar-refractivity contribution in [2.24, 2.45) is 0 Å². The van der Waals surface area contributed by atoms with Gasteiger partial charge in [0.25, 0.3) is 0 Å². The topological polar surface area (TPSA) is 71.4 Å². The highest BCUT2D eigenvalue weighted by molar-refractivity contribution is 7.89. The van der Waals surface area contributed by atoms with Crippen molar-refractivity contribution < 1.29 is 22.7 Å². The van der Waals surface area contributed by atoms with Crippen molar-refractivity contribution in [2.45, 2.75) is 5.75 Å². The van der Waals surface area contributed by atoms with Gasteiger partial charge in [0.1, 0.15) is 5.82 Å². The number of sulfone groups is 1. The van der Waals surface area contributed by atoms with E-state index in [1.54, 1.807) is 0 Å². The zero-order valence-electron chi connectivity index (χ0n) is 7.90. The average Bonchev–Trinajstić information content (AvgIpc) is 1.99. The summed E-state index contributed by atoms with van der Waals surface area (Å²) in [7, 11) is -3.24. The molecule has 0 heterocycles. The van der Waals surface area contributed by atoms with Gasteiger partial charge in [0, 0.05) is 6.26 Å². The molecule has 15 heavy (non-hydrogen) atoms. The molecule has 0 saturated carbocycles. The molecular weight excluding hydrogens is 223 g/mol. The fourth-order valence-electron chi connectivity index (χ4n) is 1.12. The van der Waals surface area contributed by atoms with E-state index in [0.29, 0.717) is 0 Å². The Bertz CT molecular complexity index is 493. The lowest BCUT2D eigenvalue weighted by Gasteiger charge is -2.01. The zero-order chi connectivity index (χ0) is 11.6. The summed E-state index contributed by atoms with van der Waals surface area (Å²) in [5.41, 5.74) is -0.229. The number of carboxylic acids is 1. The summed E-state index contributed by atoms with van der Waals surface area (Å²) in [4.78, 5) is 10.5. The molecule has 0 bridgehead atoms. The third-order valence-corrected chi connectivity index (χ3v) is 2.55. The van der Waals surface area contributed by atoms with Crippen LogP contribution in [-0.4, -0.2) is 25.7 Å². The molecule has 0 saturated heterocycles. The second-order valence-electron chi connectivity index (χ2n) is 3.19. The van der Waals surface area contributed by atoms with Gasteiger partial charge < -0.3 is 5.11 Å². The van der Waals surface area contributed by atoms with Gasteiger partial charge in [-0.15, -0.1) is 0 Å². The van der Waals surface area contributed by atoms with Gasteiger partial charge in [0.05, 0.1) is 11.3 Å². The highest BCUT2D eigenvalue weighted by atomic mass is 32.2. The lowest BCUT2D eigenvalue weighted by molar-refractivity contribution is 0.0692. The second-order valence-corrected chi connectivity index (χ2v) is 5.33. The minimum atomic E-state index is -3.24. The molecule has 0 atom stereocenters. The minimum Gasteiger partial charge on any atom is -0.478 e. The first-order chi connectivity index (χ1) is 6.79. The van der Waals surface area contributed by atoms with Crippen LogP contribution in [0.1, 0.15) is 15.9 Å². The van der Waals surface area contributed by atoms with Crippen LogP contribution in [0.5, 0.6) is 0 Å². The summed E-state index contributed by atoms with van der Waals surface area (Å²) in [5.74, 6) is -2.61. The molecule has 0 unspecified atom stereocenters. The van der Waals surface area contributed by atoms with Gasteiger partial charge in [-0.3, -0.25) is 0 Å². The number of benzene rings is 1. The van der Waals surface area contributed by atoms with E-state index in [4.69, 9.17) is 5.11 Å². The molecule has 0 aliphatic carbocycles. The Morgan fingerprint density at radius 3 is 2.47 bits per heavy atom. The Labute approximate surface area is 86.3 Å². The van der Waals surface area contributed by atoms with Crippen LogP contribution in [0.25, 0.3) is 0 Å². The molecule has 0 aliphatic heterocycles. The van der Waals surface area contributed by atoms with Crippen LogP contribution in [0.15, 0.2) is 18.2 Å². The van der Waals surface area contributed by atoms with E-state index in [9.17, 15) is 17.6 Å². The highest BCUT2D eigenvalue weighted by Gasteiger charge is 2.12. The zero-order valence-corrected chi connectivity index (χ0v) is 8.71. The molecule has 0 amide bonds. The van der Waals surface area contributed by atoms with Crippen LogP contribution in [0.4, 0.5) is 4.39 Å². The molecule has 6 heteroatoms. The van der Waals surface area contributed by atoms with E-state index >= 15 is 0 Å². The van der Waals surface area contributed by atoms with E-state index in [-0.39, 0.29) is 11.3 Å².